The smallest absolute Gasteiger partial charge is 0.123 e. The van der Waals surface area contributed by atoms with Crippen LogP contribution in [0.15, 0.2) is 35.7 Å². The third-order valence-corrected chi connectivity index (χ3v) is 5.81. The molecule has 0 amide bonds. The molecule has 1 unspecified atom stereocenters. The van der Waals surface area contributed by atoms with Gasteiger partial charge in [-0.1, -0.05) is 30.3 Å². The van der Waals surface area contributed by atoms with E-state index < -0.39 is 0 Å². The molecule has 2 fully saturated rings. The maximum absolute atomic E-state index is 4.83. The molecule has 4 nitrogen and oxygen atoms in total. The molecule has 0 bridgehead atoms. The maximum Gasteiger partial charge on any atom is 0.123 e. The van der Waals surface area contributed by atoms with E-state index in [-0.39, 0.29) is 12.4 Å². The molecule has 4 rings (SSSR count). The molecular formula is C18H25ClN4S. The number of rotatable bonds is 4. The van der Waals surface area contributed by atoms with E-state index in [1.54, 1.807) is 11.3 Å². The molecule has 130 valence electrons. The summed E-state index contributed by atoms with van der Waals surface area (Å²) in [6, 6.07) is 11.2. The highest BCUT2D eigenvalue weighted by molar-refractivity contribution is 7.13. The largest absolute Gasteiger partial charge is 0.314 e. The Morgan fingerprint density at radius 1 is 1.12 bits per heavy atom. The third-order valence-electron chi connectivity index (χ3n) is 4.87. The lowest BCUT2D eigenvalue weighted by atomic mass is 10.2. The lowest BCUT2D eigenvalue weighted by Crippen LogP contribution is -2.49. The maximum atomic E-state index is 4.83. The molecule has 2 aromatic rings. The number of benzene rings is 1. The first kappa shape index (κ1) is 17.8. The highest BCUT2D eigenvalue weighted by Crippen LogP contribution is 2.25. The predicted molar refractivity (Wildman–Crippen MR) is 103 cm³/mol. The standard InChI is InChI=1S/C18H24N4S.ClH/c1-2-4-15(5-3-1)18-20-16(14-23-18)12-21-9-6-17(13-21)22-10-7-19-8-11-22;/h1-5,14,17,19H,6-13H2;1H. The topological polar surface area (TPSA) is 31.4 Å². The van der Waals surface area contributed by atoms with E-state index in [2.05, 4.69) is 50.8 Å². The Balaban J connectivity index is 0.00000169. The van der Waals surface area contributed by atoms with Crippen LogP contribution in [0.1, 0.15) is 12.1 Å². The van der Waals surface area contributed by atoms with E-state index in [1.807, 2.05) is 0 Å². The first-order chi connectivity index (χ1) is 11.4. The molecule has 2 aliphatic heterocycles. The first-order valence-electron chi connectivity index (χ1n) is 8.55. The summed E-state index contributed by atoms with van der Waals surface area (Å²) in [5, 5.41) is 6.80. The van der Waals surface area contributed by atoms with Crippen molar-refractivity contribution in [1.29, 1.82) is 0 Å². The second-order valence-electron chi connectivity index (χ2n) is 6.47. The van der Waals surface area contributed by atoms with Gasteiger partial charge in [0.25, 0.3) is 0 Å². The van der Waals surface area contributed by atoms with Crippen LogP contribution in [0.25, 0.3) is 10.6 Å². The van der Waals surface area contributed by atoms with E-state index in [1.165, 1.54) is 43.9 Å². The van der Waals surface area contributed by atoms with E-state index in [0.29, 0.717) is 0 Å². The Morgan fingerprint density at radius 3 is 2.71 bits per heavy atom. The van der Waals surface area contributed by atoms with Crippen LogP contribution in [-0.4, -0.2) is 60.1 Å². The second kappa shape index (κ2) is 8.41. The van der Waals surface area contributed by atoms with Crippen molar-refractivity contribution in [3.05, 3.63) is 41.4 Å². The molecule has 3 heterocycles. The monoisotopic (exact) mass is 364 g/mol. The molecular weight excluding hydrogens is 340 g/mol. The number of hydrogen-bond acceptors (Lipinski definition) is 5. The third kappa shape index (κ3) is 4.16. The molecule has 1 N–H and O–H groups in total. The Kier molecular flexibility index (Phi) is 6.25. The number of aromatic nitrogens is 1. The van der Waals surface area contributed by atoms with Crippen molar-refractivity contribution < 1.29 is 0 Å². The lowest BCUT2D eigenvalue weighted by molar-refractivity contribution is 0.170. The summed E-state index contributed by atoms with van der Waals surface area (Å²) in [5.74, 6) is 0. The number of hydrogen-bond donors (Lipinski definition) is 1. The summed E-state index contributed by atoms with van der Waals surface area (Å²) < 4.78 is 0. The lowest BCUT2D eigenvalue weighted by Gasteiger charge is -2.32. The van der Waals surface area contributed by atoms with Gasteiger partial charge < -0.3 is 5.32 Å². The number of piperazine rings is 1. The van der Waals surface area contributed by atoms with Crippen LogP contribution >= 0.6 is 23.7 Å². The minimum atomic E-state index is 0. The molecule has 2 aliphatic rings. The molecule has 0 spiro atoms. The van der Waals surface area contributed by atoms with Gasteiger partial charge in [0.15, 0.2) is 0 Å². The van der Waals surface area contributed by atoms with Gasteiger partial charge in [0.2, 0.25) is 0 Å². The van der Waals surface area contributed by atoms with E-state index in [0.717, 1.165) is 30.7 Å². The summed E-state index contributed by atoms with van der Waals surface area (Å²) >= 11 is 1.76. The molecule has 1 atom stereocenters. The normalized spacial score (nSPS) is 22.4. The van der Waals surface area contributed by atoms with Gasteiger partial charge in [-0.2, -0.15) is 0 Å². The Bertz CT molecular complexity index is 627. The van der Waals surface area contributed by atoms with Crippen molar-refractivity contribution in [2.24, 2.45) is 0 Å². The van der Waals surface area contributed by atoms with Gasteiger partial charge in [-0.3, -0.25) is 9.80 Å². The van der Waals surface area contributed by atoms with Gasteiger partial charge in [-0.15, -0.1) is 23.7 Å². The molecule has 0 radical (unpaired) electrons. The molecule has 24 heavy (non-hydrogen) atoms. The van der Waals surface area contributed by atoms with Crippen LogP contribution in [0.2, 0.25) is 0 Å². The fraction of sp³-hybridized carbons (Fsp3) is 0.500. The summed E-state index contributed by atoms with van der Waals surface area (Å²) in [5.41, 5.74) is 2.44. The van der Waals surface area contributed by atoms with Crippen LogP contribution in [0.5, 0.6) is 0 Å². The van der Waals surface area contributed by atoms with Crippen molar-refractivity contribution in [1.82, 2.24) is 20.1 Å². The SMILES string of the molecule is Cl.c1ccc(-c2nc(CN3CCC(N4CCNCC4)C3)cs2)cc1. The molecule has 0 saturated carbocycles. The average Bonchev–Trinajstić information content (AvgIpc) is 3.27. The van der Waals surface area contributed by atoms with Crippen molar-refractivity contribution >= 4 is 23.7 Å². The van der Waals surface area contributed by atoms with Crippen LogP contribution in [0.4, 0.5) is 0 Å². The van der Waals surface area contributed by atoms with E-state index in [9.17, 15) is 0 Å². The van der Waals surface area contributed by atoms with Gasteiger partial charge in [-0.05, 0) is 6.42 Å². The van der Waals surface area contributed by atoms with Gasteiger partial charge in [0.1, 0.15) is 5.01 Å². The molecule has 1 aromatic carbocycles. The van der Waals surface area contributed by atoms with Crippen molar-refractivity contribution in [3.8, 4) is 10.6 Å². The second-order valence-corrected chi connectivity index (χ2v) is 7.33. The minimum Gasteiger partial charge on any atom is -0.314 e. The van der Waals surface area contributed by atoms with Crippen molar-refractivity contribution in [2.75, 3.05) is 39.3 Å². The Morgan fingerprint density at radius 2 is 1.92 bits per heavy atom. The molecule has 2 saturated heterocycles. The fourth-order valence-electron chi connectivity index (χ4n) is 3.62. The van der Waals surface area contributed by atoms with E-state index >= 15 is 0 Å². The molecule has 0 aliphatic carbocycles. The van der Waals surface area contributed by atoms with Gasteiger partial charge in [0, 0.05) is 62.8 Å². The molecule has 1 aromatic heterocycles. The Labute approximate surface area is 154 Å². The van der Waals surface area contributed by atoms with Crippen LogP contribution in [-0.2, 0) is 6.54 Å². The van der Waals surface area contributed by atoms with Gasteiger partial charge in [-0.25, -0.2) is 4.98 Å². The number of likely N-dealkylation sites (tertiary alicyclic amines) is 1. The van der Waals surface area contributed by atoms with Gasteiger partial charge >= 0.3 is 0 Å². The first-order valence-corrected chi connectivity index (χ1v) is 9.43. The van der Waals surface area contributed by atoms with Crippen LogP contribution in [0.3, 0.4) is 0 Å². The predicted octanol–water partition coefficient (Wildman–Crippen LogP) is 2.71. The van der Waals surface area contributed by atoms with Crippen molar-refractivity contribution in [3.63, 3.8) is 0 Å². The highest BCUT2D eigenvalue weighted by Gasteiger charge is 2.28. The van der Waals surface area contributed by atoms with Gasteiger partial charge in [0.05, 0.1) is 5.69 Å². The Hall–Kier alpha value is -0.980. The van der Waals surface area contributed by atoms with Crippen molar-refractivity contribution in [2.45, 2.75) is 19.0 Å². The zero-order valence-corrected chi connectivity index (χ0v) is 15.5. The minimum absolute atomic E-state index is 0. The quantitative estimate of drug-likeness (QED) is 0.903. The number of nitrogens with zero attached hydrogens (tertiary/aromatic N) is 3. The van der Waals surface area contributed by atoms with E-state index in [4.69, 9.17) is 4.98 Å². The zero-order chi connectivity index (χ0) is 15.5. The van der Waals surface area contributed by atoms with Crippen LogP contribution < -0.4 is 5.32 Å². The molecule has 6 heteroatoms. The summed E-state index contributed by atoms with van der Waals surface area (Å²) in [6.07, 6.45) is 1.30. The average molecular weight is 365 g/mol. The summed E-state index contributed by atoms with van der Waals surface area (Å²) in [7, 11) is 0. The number of halogens is 1. The summed E-state index contributed by atoms with van der Waals surface area (Å²) in [4.78, 5) is 10.1. The number of nitrogens with one attached hydrogen (secondary N) is 1. The zero-order valence-electron chi connectivity index (χ0n) is 13.9. The fourth-order valence-corrected chi connectivity index (χ4v) is 4.44. The number of thiazole rings is 1. The highest BCUT2D eigenvalue weighted by atomic mass is 35.5. The van der Waals surface area contributed by atoms with Crippen LogP contribution in [0, 0.1) is 0 Å². The summed E-state index contributed by atoms with van der Waals surface area (Å²) in [6.45, 7) is 8.07.